The lowest BCUT2D eigenvalue weighted by atomic mass is 10.0. The zero-order valence-corrected chi connectivity index (χ0v) is 11.6. The van der Waals surface area contributed by atoms with E-state index in [1.54, 1.807) is 16.5 Å². The van der Waals surface area contributed by atoms with E-state index in [1.807, 2.05) is 26.2 Å². The summed E-state index contributed by atoms with van der Waals surface area (Å²) in [6.45, 7) is 4.12. The summed E-state index contributed by atoms with van der Waals surface area (Å²) in [7, 11) is 1.83. The van der Waals surface area contributed by atoms with Crippen LogP contribution in [0.15, 0.2) is 12.3 Å². The van der Waals surface area contributed by atoms with Gasteiger partial charge in [0.15, 0.2) is 0 Å². The number of aromatic nitrogens is 2. The second-order valence-corrected chi connectivity index (χ2v) is 4.98. The van der Waals surface area contributed by atoms with Crippen LogP contribution in [0.1, 0.15) is 32.4 Å². The van der Waals surface area contributed by atoms with E-state index in [0.29, 0.717) is 13.0 Å². The van der Waals surface area contributed by atoms with Crippen LogP contribution in [-0.4, -0.2) is 38.6 Å². The van der Waals surface area contributed by atoms with Crippen LogP contribution >= 0.6 is 0 Å². The zero-order chi connectivity index (χ0) is 14.0. The van der Waals surface area contributed by atoms with Gasteiger partial charge in [0, 0.05) is 13.2 Å². The molecule has 0 spiro atoms. The molecular weight excluding hydrogens is 244 g/mol. The summed E-state index contributed by atoms with van der Waals surface area (Å²) < 4.78 is 1.70. The topological polar surface area (TPSA) is 67.2 Å². The molecule has 1 saturated heterocycles. The van der Waals surface area contributed by atoms with Crippen LogP contribution in [0.2, 0.25) is 0 Å². The lowest BCUT2D eigenvalue weighted by Gasteiger charge is -2.37. The SMILES string of the molecule is CCCC1C(=O)NC(C)C(=O)N1Cc1ccn(C)n1. The highest BCUT2D eigenvalue weighted by atomic mass is 16.2. The Bertz CT molecular complexity index is 483. The molecule has 2 atom stereocenters. The Balaban J connectivity index is 2.20. The first-order valence-corrected chi connectivity index (χ1v) is 6.62. The van der Waals surface area contributed by atoms with Gasteiger partial charge in [0.25, 0.3) is 0 Å². The van der Waals surface area contributed by atoms with Crippen molar-refractivity contribution >= 4 is 11.8 Å². The lowest BCUT2D eigenvalue weighted by Crippen LogP contribution is -2.61. The maximum absolute atomic E-state index is 12.2. The minimum atomic E-state index is -0.454. The fraction of sp³-hybridized carbons (Fsp3) is 0.615. The molecule has 1 aromatic heterocycles. The first-order valence-electron chi connectivity index (χ1n) is 6.62. The maximum atomic E-state index is 12.2. The van der Waals surface area contributed by atoms with Gasteiger partial charge in [0.1, 0.15) is 12.1 Å². The molecule has 1 fully saturated rings. The highest BCUT2D eigenvalue weighted by Gasteiger charge is 2.38. The Morgan fingerprint density at radius 2 is 2.16 bits per heavy atom. The first-order chi connectivity index (χ1) is 9.02. The van der Waals surface area contributed by atoms with Crippen molar-refractivity contribution in [3.63, 3.8) is 0 Å². The third-order valence-corrected chi connectivity index (χ3v) is 3.35. The Kier molecular flexibility index (Phi) is 3.87. The molecule has 6 heteroatoms. The van der Waals surface area contributed by atoms with Crippen molar-refractivity contribution in [1.82, 2.24) is 20.0 Å². The van der Waals surface area contributed by atoms with Gasteiger partial charge in [-0.1, -0.05) is 13.3 Å². The fourth-order valence-electron chi connectivity index (χ4n) is 2.39. The Hall–Kier alpha value is -1.85. The molecule has 2 heterocycles. The third-order valence-electron chi connectivity index (χ3n) is 3.35. The Labute approximate surface area is 112 Å². The molecular formula is C13H20N4O2. The average molecular weight is 264 g/mol. The van der Waals surface area contributed by atoms with Gasteiger partial charge < -0.3 is 10.2 Å². The monoisotopic (exact) mass is 264 g/mol. The summed E-state index contributed by atoms with van der Waals surface area (Å²) >= 11 is 0. The number of rotatable bonds is 4. The largest absolute Gasteiger partial charge is 0.343 e. The van der Waals surface area contributed by atoms with E-state index >= 15 is 0 Å². The van der Waals surface area contributed by atoms with Crippen molar-refractivity contribution in [2.24, 2.45) is 7.05 Å². The number of nitrogens with one attached hydrogen (secondary N) is 1. The average Bonchev–Trinajstić information content (AvgIpc) is 2.76. The van der Waals surface area contributed by atoms with E-state index in [0.717, 1.165) is 12.1 Å². The summed E-state index contributed by atoms with van der Waals surface area (Å²) in [5.41, 5.74) is 0.804. The quantitative estimate of drug-likeness (QED) is 0.858. The van der Waals surface area contributed by atoms with Crippen molar-refractivity contribution in [1.29, 1.82) is 0 Å². The normalized spacial score (nSPS) is 23.6. The van der Waals surface area contributed by atoms with Gasteiger partial charge in [-0.3, -0.25) is 14.3 Å². The van der Waals surface area contributed by atoms with Gasteiger partial charge in [-0.25, -0.2) is 0 Å². The molecule has 0 aliphatic carbocycles. The summed E-state index contributed by atoms with van der Waals surface area (Å²) in [5, 5.41) is 7.00. The molecule has 1 aromatic rings. The van der Waals surface area contributed by atoms with Crippen molar-refractivity contribution in [2.75, 3.05) is 0 Å². The summed E-state index contributed by atoms with van der Waals surface area (Å²) in [5.74, 6) is -0.103. The summed E-state index contributed by atoms with van der Waals surface area (Å²) in [6, 6.07) is 1.04. The molecule has 2 amide bonds. The molecule has 0 saturated carbocycles. The minimum Gasteiger partial charge on any atom is -0.343 e. The molecule has 0 bridgehead atoms. The molecule has 1 N–H and O–H groups in total. The van der Waals surface area contributed by atoms with Crippen molar-refractivity contribution in [3.05, 3.63) is 18.0 Å². The molecule has 104 valence electrons. The molecule has 2 rings (SSSR count). The predicted octanol–water partition coefficient (Wildman–Crippen LogP) is 0.436. The second kappa shape index (κ2) is 5.42. The van der Waals surface area contributed by atoms with Gasteiger partial charge >= 0.3 is 0 Å². The molecule has 6 nitrogen and oxygen atoms in total. The van der Waals surface area contributed by atoms with Crippen LogP contribution in [-0.2, 0) is 23.2 Å². The lowest BCUT2D eigenvalue weighted by molar-refractivity contribution is -0.149. The Morgan fingerprint density at radius 3 is 2.74 bits per heavy atom. The van der Waals surface area contributed by atoms with E-state index in [2.05, 4.69) is 10.4 Å². The van der Waals surface area contributed by atoms with Crippen LogP contribution in [0.5, 0.6) is 0 Å². The van der Waals surface area contributed by atoms with Crippen LogP contribution < -0.4 is 5.32 Å². The summed E-state index contributed by atoms with van der Waals surface area (Å²) in [4.78, 5) is 25.9. The number of aryl methyl sites for hydroxylation is 1. The smallest absolute Gasteiger partial charge is 0.245 e. The standard InChI is InChI=1S/C13H20N4O2/c1-4-5-11-12(18)14-9(2)13(19)17(11)8-10-6-7-16(3)15-10/h6-7,9,11H,4-5,8H2,1-3H3,(H,14,18). The van der Waals surface area contributed by atoms with E-state index in [-0.39, 0.29) is 17.9 Å². The van der Waals surface area contributed by atoms with Gasteiger partial charge in [-0.15, -0.1) is 0 Å². The molecule has 1 aliphatic rings. The highest BCUT2D eigenvalue weighted by Crippen LogP contribution is 2.17. The van der Waals surface area contributed by atoms with E-state index in [1.165, 1.54) is 0 Å². The number of nitrogens with zero attached hydrogens (tertiary/aromatic N) is 3. The zero-order valence-electron chi connectivity index (χ0n) is 11.6. The third kappa shape index (κ3) is 2.77. The minimum absolute atomic E-state index is 0.0382. The van der Waals surface area contributed by atoms with Crippen LogP contribution in [0.25, 0.3) is 0 Å². The number of hydrogen-bond donors (Lipinski definition) is 1. The van der Waals surface area contributed by atoms with Gasteiger partial charge in [0.2, 0.25) is 11.8 Å². The van der Waals surface area contributed by atoms with Crippen molar-refractivity contribution < 1.29 is 9.59 Å². The van der Waals surface area contributed by atoms with Gasteiger partial charge in [-0.2, -0.15) is 5.10 Å². The Morgan fingerprint density at radius 1 is 1.42 bits per heavy atom. The van der Waals surface area contributed by atoms with Crippen LogP contribution in [0.3, 0.4) is 0 Å². The number of carbonyl (C=O) groups excluding carboxylic acids is 2. The van der Waals surface area contributed by atoms with Gasteiger partial charge in [0.05, 0.1) is 12.2 Å². The van der Waals surface area contributed by atoms with Gasteiger partial charge in [-0.05, 0) is 19.4 Å². The second-order valence-electron chi connectivity index (χ2n) is 4.98. The van der Waals surface area contributed by atoms with Crippen molar-refractivity contribution in [3.8, 4) is 0 Å². The highest BCUT2D eigenvalue weighted by molar-refractivity contribution is 5.96. The molecule has 2 unspecified atom stereocenters. The van der Waals surface area contributed by atoms with Crippen LogP contribution in [0.4, 0.5) is 0 Å². The predicted molar refractivity (Wildman–Crippen MR) is 70.1 cm³/mol. The van der Waals surface area contributed by atoms with E-state index < -0.39 is 6.04 Å². The van der Waals surface area contributed by atoms with E-state index in [4.69, 9.17) is 0 Å². The number of hydrogen-bond acceptors (Lipinski definition) is 3. The fourth-order valence-corrected chi connectivity index (χ4v) is 2.39. The first kappa shape index (κ1) is 13.6. The number of carbonyl (C=O) groups is 2. The van der Waals surface area contributed by atoms with Crippen LogP contribution in [0, 0.1) is 0 Å². The number of piperazine rings is 1. The molecule has 1 aliphatic heterocycles. The van der Waals surface area contributed by atoms with E-state index in [9.17, 15) is 9.59 Å². The number of amides is 2. The maximum Gasteiger partial charge on any atom is 0.245 e. The molecule has 19 heavy (non-hydrogen) atoms. The molecule has 0 radical (unpaired) electrons. The molecule has 0 aromatic carbocycles. The van der Waals surface area contributed by atoms with Crippen molar-refractivity contribution in [2.45, 2.75) is 45.3 Å². The summed E-state index contributed by atoms with van der Waals surface area (Å²) in [6.07, 6.45) is 3.37.